The highest BCUT2D eigenvalue weighted by molar-refractivity contribution is 6.32. The number of hydrogen-bond donors (Lipinski definition) is 0. The van der Waals surface area contributed by atoms with Crippen LogP contribution in [-0.2, 0) is 0 Å². The summed E-state index contributed by atoms with van der Waals surface area (Å²) in [5.74, 6) is 0. The van der Waals surface area contributed by atoms with Crippen molar-refractivity contribution in [2.75, 3.05) is 4.90 Å². The van der Waals surface area contributed by atoms with Gasteiger partial charge in [0.05, 0.1) is 10.6 Å². The maximum Gasteiger partial charge on any atom is 0.101 e. The van der Waals surface area contributed by atoms with Gasteiger partial charge in [-0.25, -0.2) is 0 Å². The molecule has 1 fully saturated rings. The SMILES string of the molecule is CCC1CCC(C)N1c1ccc(C#N)c(Cl)c1. The predicted molar refractivity (Wildman–Crippen MR) is 71.4 cm³/mol. The third-order valence-electron chi connectivity index (χ3n) is 3.63. The van der Waals surface area contributed by atoms with Crippen LogP contribution < -0.4 is 4.90 Å². The zero-order valence-corrected chi connectivity index (χ0v) is 11.0. The molecule has 1 aromatic carbocycles. The molecule has 3 heteroatoms. The summed E-state index contributed by atoms with van der Waals surface area (Å²) in [6.07, 6.45) is 3.63. The number of hydrogen-bond acceptors (Lipinski definition) is 2. The smallest absolute Gasteiger partial charge is 0.101 e. The largest absolute Gasteiger partial charge is 0.366 e. The Labute approximate surface area is 108 Å². The predicted octanol–water partition coefficient (Wildman–Crippen LogP) is 3.98. The molecule has 1 saturated heterocycles. The first kappa shape index (κ1) is 12.3. The molecule has 2 atom stereocenters. The van der Waals surface area contributed by atoms with Crippen LogP contribution in [0.3, 0.4) is 0 Å². The quantitative estimate of drug-likeness (QED) is 0.792. The molecule has 1 heterocycles. The van der Waals surface area contributed by atoms with Gasteiger partial charge in [0.15, 0.2) is 0 Å². The molecule has 90 valence electrons. The van der Waals surface area contributed by atoms with Gasteiger partial charge in [0.1, 0.15) is 6.07 Å². The van der Waals surface area contributed by atoms with Gasteiger partial charge in [-0.05, 0) is 44.4 Å². The standard InChI is InChI=1S/C14H17ClN2/c1-3-12-6-4-10(2)17(12)13-7-5-11(9-16)14(15)8-13/h5,7-8,10,12H,3-4,6H2,1-2H3. The van der Waals surface area contributed by atoms with Gasteiger partial charge in [0.2, 0.25) is 0 Å². The number of rotatable bonds is 2. The van der Waals surface area contributed by atoms with Crippen molar-refractivity contribution in [3.63, 3.8) is 0 Å². The van der Waals surface area contributed by atoms with E-state index in [9.17, 15) is 0 Å². The lowest BCUT2D eigenvalue weighted by molar-refractivity contribution is 0.628. The van der Waals surface area contributed by atoms with E-state index in [1.165, 1.54) is 12.8 Å². The maximum absolute atomic E-state index is 8.88. The van der Waals surface area contributed by atoms with Gasteiger partial charge < -0.3 is 4.90 Å². The van der Waals surface area contributed by atoms with E-state index in [2.05, 4.69) is 24.8 Å². The van der Waals surface area contributed by atoms with E-state index in [1.54, 1.807) is 0 Å². The first-order chi connectivity index (χ1) is 8.17. The first-order valence-corrected chi connectivity index (χ1v) is 6.53. The lowest BCUT2D eigenvalue weighted by Crippen LogP contribution is -2.34. The molecule has 1 aromatic rings. The average Bonchev–Trinajstić information content (AvgIpc) is 2.70. The van der Waals surface area contributed by atoms with Crippen molar-refractivity contribution in [2.24, 2.45) is 0 Å². The summed E-state index contributed by atoms with van der Waals surface area (Å²) in [7, 11) is 0. The summed E-state index contributed by atoms with van der Waals surface area (Å²) in [4.78, 5) is 2.44. The second-order valence-electron chi connectivity index (χ2n) is 4.67. The second-order valence-corrected chi connectivity index (χ2v) is 5.08. The molecule has 0 N–H and O–H groups in total. The van der Waals surface area contributed by atoms with E-state index in [4.69, 9.17) is 16.9 Å². The Hall–Kier alpha value is -1.20. The van der Waals surface area contributed by atoms with Gasteiger partial charge in [-0.2, -0.15) is 5.26 Å². The van der Waals surface area contributed by atoms with Gasteiger partial charge in [-0.3, -0.25) is 0 Å². The van der Waals surface area contributed by atoms with Gasteiger partial charge in [-0.15, -0.1) is 0 Å². The number of halogens is 1. The first-order valence-electron chi connectivity index (χ1n) is 6.15. The Kier molecular flexibility index (Phi) is 3.59. The van der Waals surface area contributed by atoms with Crippen molar-refractivity contribution in [2.45, 2.75) is 45.2 Å². The Bertz CT molecular complexity index is 450. The molecule has 0 aliphatic carbocycles. The second kappa shape index (κ2) is 4.98. The summed E-state index contributed by atoms with van der Waals surface area (Å²) < 4.78 is 0. The normalized spacial score (nSPS) is 23.8. The molecule has 1 aliphatic heterocycles. The van der Waals surface area contributed by atoms with Crippen molar-refractivity contribution >= 4 is 17.3 Å². The fourth-order valence-electron chi connectivity index (χ4n) is 2.69. The maximum atomic E-state index is 8.88. The Balaban J connectivity index is 2.33. The fraction of sp³-hybridized carbons (Fsp3) is 0.500. The molecule has 0 spiro atoms. The molecule has 0 aromatic heterocycles. The minimum Gasteiger partial charge on any atom is -0.366 e. The van der Waals surface area contributed by atoms with Crippen LogP contribution in [0.1, 0.15) is 38.7 Å². The zero-order chi connectivity index (χ0) is 12.4. The average molecular weight is 249 g/mol. The summed E-state index contributed by atoms with van der Waals surface area (Å²) in [6, 6.07) is 9.01. The third kappa shape index (κ3) is 2.25. The van der Waals surface area contributed by atoms with Gasteiger partial charge in [0, 0.05) is 17.8 Å². The Morgan fingerprint density at radius 1 is 1.47 bits per heavy atom. The van der Waals surface area contributed by atoms with Crippen molar-refractivity contribution in [3.05, 3.63) is 28.8 Å². The minimum atomic E-state index is 0.551. The Morgan fingerprint density at radius 2 is 2.24 bits per heavy atom. The zero-order valence-electron chi connectivity index (χ0n) is 10.3. The van der Waals surface area contributed by atoms with E-state index in [0.29, 0.717) is 22.7 Å². The number of nitriles is 1. The lowest BCUT2D eigenvalue weighted by Gasteiger charge is -2.30. The molecule has 1 aliphatic rings. The van der Waals surface area contributed by atoms with E-state index in [0.717, 1.165) is 12.1 Å². The van der Waals surface area contributed by atoms with Crippen LogP contribution in [0.25, 0.3) is 0 Å². The summed E-state index contributed by atoms with van der Waals surface area (Å²) in [5, 5.41) is 9.43. The highest BCUT2D eigenvalue weighted by atomic mass is 35.5. The van der Waals surface area contributed by atoms with Crippen molar-refractivity contribution < 1.29 is 0 Å². The van der Waals surface area contributed by atoms with Crippen LogP contribution in [0, 0.1) is 11.3 Å². The molecule has 0 radical (unpaired) electrons. The molecule has 2 rings (SSSR count). The third-order valence-corrected chi connectivity index (χ3v) is 3.94. The van der Waals surface area contributed by atoms with Crippen molar-refractivity contribution in [1.29, 1.82) is 5.26 Å². The minimum absolute atomic E-state index is 0.551. The van der Waals surface area contributed by atoms with Crippen LogP contribution in [0.15, 0.2) is 18.2 Å². The van der Waals surface area contributed by atoms with Gasteiger partial charge >= 0.3 is 0 Å². The summed E-state index contributed by atoms with van der Waals surface area (Å²) in [5.41, 5.74) is 1.70. The molecule has 2 unspecified atom stereocenters. The van der Waals surface area contributed by atoms with Crippen LogP contribution in [0.5, 0.6) is 0 Å². The number of benzene rings is 1. The van der Waals surface area contributed by atoms with Crippen LogP contribution >= 0.6 is 11.6 Å². The van der Waals surface area contributed by atoms with Gasteiger partial charge in [-0.1, -0.05) is 18.5 Å². The van der Waals surface area contributed by atoms with E-state index < -0.39 is 0 Å². The van der Waals surface area contributed by atoms with Crippen LogP contribution in [0.4, 0.5) is 5.69 Å². The summed E-state index contributed by atoms with van der Waals surface area (Å²) >= 11 is 6.10. The van der Waals surface area contributed by atoms with E-state index in [1.807, 2.05) is 18.2 Å². The molecule has 0 amide bonds. The van der Waals surface area contributed by atoms with E-state index in [-0.39, 0.29) is 0 Å². The highest BCUT2D eigenvalue weighted by Gasteiger charge is 2.29. The number of nitrogens with zero attached hydrogens (tertiary/aromatic N) is 2. The van der Waals surface area contributed by atoms with Gasteiger partial charge in [0.25, 0.3) is 0 Å². The fourth-order valence-corrected chi connectivity index (χ4v) is 2.91. The monoisotopic (exact) mass is 248 g/mol. The molecule has 0 bridgehead atoms. The van der Waals surface area contributed by atoms with Crippen LogP contribution in [-0.4, -0.2) is 12.1 Å². The lowest BCUT2D eigenvalue weighted by atomic mass is 10.1. The van der Waals surface area contributed by atoms with Crippen molar-refractivity contribution in [1.82, 2.24) is 0 Å². The summed E-state index contributed by atoms with van der Waals surface area (Å²) in [6.45, 7) is 4.47. The molecule has 17 heavy (non-hydrogen) atoms. The molecule has 2 nitrogen and oxygen atoms in total. The Morgan fingerprint density at radius 3 is 2.82 bits per heavy atom. The molecular formula is C14H17ClN2. The molecule has 0 saturated carbocycles. The van der Waals surface area contributed by atoms with Crippen LogP contribution in [0.2, 0.25) is 5.02 Å². The topological polar surface area (TPSA) is 27.0 Å². The van der Waals surface area contributed by atoms with E-state index >= 15 is 0 Å². The number of anilines is 1. The van der Waals surface area contributed by atoms with Crippen molar-refractivity contribution in [3.8, 4) is 6.07 Å². The highest BCUT2D eigenvalue weighted by Crippen LogP contribution is 2.33. The molecular weight excluding hydrogens is 232 g/mol.